The predicted molar refractivity (Wildman–Crippen MR) is 68.7 cm³/mol. The average molecular weight is 269 g/mol. The van der Waals surface area contributed by atoms with Gasteiger partial charge >= 0.3 is 0 Å². The summed E-state index contributed by atoms with van der Waals surface area (Å²) in [7, 11) is 0. The number of hydrogen-bond acceptors (Lipinski definition) is 4. The zero-order chi connectivity index (χ0) is 13.8. The molecule has 0 N–H and O–H groups in total. The molecule has 0 bridgehead atoms. The summed E-state index contributed by atoms with van der Waals surface area (Å²) >= 11 is 0. The minimum Gasteiger partial charge on any atom is -0.351 e. The summed E-state index contributed by atoms with van der Waals surface area (Å²) < 4.78 is 26.9. The topological polar surface area (TPSA) is 46.3 Å². The highest BCUT2D eigenvalue weighted by Crippen LogP contribution is 2.18. The molecular weight excluding hydrogens is 252 g/mol. The van der Waals surface area contributed by atoms with E-state index in [0.29, 0.717) is 18.1 Å². The lowest BCUT2D eigenvalue weighted by Crippen LogP contribution is -2.31. The molecule has 0 unspecified atom stereocenters. The molecule has 0 spiro atoms. The number of halogens is 2. The van der Waals surface area contributed by atoms with Crippen molar-refractivity contribution in [2.24, 2.45) is 0 Å². The Morgan fingerprint density at radius 1 is 1.37 bits per heavy atom. The third-order valence-corrected chi connectivity index (χ3v) is 2.82. The Morgan fingerprint density at radius 3 is 2.79 bits per heavy atom. The monoisotopic (exact) mass is 269 g/mol. The van der Waals surface area contributed by atoms with E-state index in [1.165, 1.54) is 10.8 Å². The zero-order valence-corrected chi connectivity index (χ0v) is 11.1. The number of rotatable bonds is 6. The molecule has 2 aromatic rings. The molecule has 0 fully saturated rings. The smallest absolute Gasteiger partial charge is 0.255 e. The largest absolute Gasteiger partial charge is 0.351 e. The lowest BCUT2D eigenvalue weighted by Gasteiger charge is -2.24. The van der Waals surface area contributed by atoms with Gasteiger partial charge in [-0.25, -0.2) is 13.8 Å². The minimum absolute atomic E-state index is 0.310. The van der Waals surface area contributed by atoms with Gasteiger partial charge in [-0.2, -0.15) is 14.6 Å². The van der Waals surface area contributed by atoms with Crippen molar-refractivity contribution in [3.63, 3.8) is 0 Å². The summed E-state index contributed by atoms with van der Waals surface area (Å²) in [6.07, 6.45) is 0.513. The Hall–Kier alpha value is -1.79. The van der Waals surface area contributed by atoms with Crippen molar-refractivity contribution in [1.29, 1.82) is 0 Å². The Morgan fingerprint density at radius 2 is 2.16 bits per heavy atom. The molecule has 104 valence electrons. The highest BCUT2D eigenvalue weighted by Gasteiger charge is 2.17. The van der Waals surface area contributed by atoms with Crippen LogP contribution in [-0.4, -0.2) is 39.1 Å². The van der Waals surface area contributed by atoms with Gasteiger partial charge in [0.1, 0.15) is 12.1 Å². The van der Waals surface area contributed by atoms with Crippen LogP contribution in [0.4, 0.5) is 14.6 Å². The third kappa shape index (κ3) is 2.97. The Bertz CT molecular complexity index is 540. The van der Waals surface area contributed by atoms with E-state index in [1.807, 2.05) is 13.8 Å². The minimum atomic E-state index is -2.39. The molecule has 7 heteroatoms. The van der Waals surface area contributed by atoms with E-state index in [4.69, 9.17) is 0 Å². The van der Waals surface area contributed by atoms with Crippen LogP contribution in [0.25, 0.3) is 5.78 Å². The molecule has 0 saturated heterocycles. The number of fused-ring (bicyclic) bond motifs is 1. The molecule has 19 heavy (non-hydrogen) atoms. The molecule has 0 saturated carbocycles. The first-order chi connectivity index (χ1) is 9.15. The highest BCUT2D eigenvalue weighted by molar-refractivity contribution is 5.47. The summed E-state index contributed by atoms with van der Waals surface area (Å²) in [6.45, 7) is 4.16. The maximum Gasteiger partial charge on any atom is 0.255 e. The number of alkyl halides is 2. The van der Waals surface area contributed by atoms with Crippen molar-refractivity contribution in [3.05, 3.63) is 18.1 Å². The van der Waals surface area contributed by atoms with Gasteiger partial charge in [0.05, 0.1) is 6.54 Å². The van der Waals surface area contributed by atoms with Gasteiger partial charge in [0.15, 0.2) is 0 Å². The highest BCUT2D eigenvalue weighted by atomic mass is 19.3. The molecule has 0 amide bonds. The van der Waals surface area contributed by atoms with Gasteiger partial charge in [-0.15, -0.1) is 0 Å². The summed E-state index contributed by atoms with van der Waals surface area (Å²) in [4.78, 5) is 9.98. The standard InChI is InChI=1S/C12H17F2N5/c1-3-5-18(7-10(13)14)11-6-9(4-2)17-12-15-8-16-19(11)12/h6,8,10H,3-5,7H2,1-2H3. The van der Waals surface area contributed by atoms with Gasteiger partial charge in [-0.05, 0) is 12.8 Å². The predicted octanol–water partition coefficient (Wildman–Crippen LogP) is 2.17. The van der Waals surface area contributed by atoms with E-state index in [9.17, 15) is 8.78 Å². The second-order valence-electron chi connectivity index (χ2n) is 4.27. The number of aryl methyl sites for hydroxylation is 1. The lowest BCUT2D eigenvalue weighted by atomic mass is 10.3. The van der Waals surface area contributed by atoms with Gasteiger partial charge in [0.2, 0.25) is 0 Å². The third-order valence-electron chi connectivity index (χ3n) is 2.82. The van der Waals surface area contributed by atoms with E-state index in [0.717, 1.165) is 18.5 Å². The molecule has 2 rings (SSSR count). The molecule has 0 aliphatic carbocycles. The zero-order valence-electron chi connectivity index (χ0n) is 11.1. The Kier molecular flexibility index (Phi) is 4.24. The fraction of sp³-hybridized carbons (Fsp3) is 0.583. The summed E-state index contributed by atoms with van der Waals surface area (Å²) in [5.74, 6) is 1.08. The van der Waals surface area contributed by atoms with Crippen LogP contribution in [0.3, 0.4) is 0 Å². The normalized spacial score (nSPS) is 11.4. The Balaban J connectivity index is 2.46. The second-order valence-corrected chi connectivity index (χ2v) is 4.27. The molecule has 0 aliphatic rings. The Labute approximate surface area is 110 Å². The van der Waals surface area contributed by atoms with E-state index >= 15 is 0 Å². The van der Waals surface area contributed by atoms with Crippen molar-refractivity contribution in [1.82, 2.24) is 19.6 Å². The van der Waals surface area contributed by atoms with Crippen LogP contribution in [-0.2, 0) is 6.42 Å². The van der Waals surface area contributed by atoms with E-state index < -0.39 is 6.43 Å². The van der Waals surface area contributed by atoms with Crippen LogP contribution in [0.15, 0.2) is 12.4 Å². The van der Waals surface area contributed by atoms with Gasteiger partial charge in [0, 0.05) is 18.3 Å². The van der Waals surface area contributed by atoms with Crippen molar-refractivity contribution >= 4 is 11.6 Å². The van der Waals surface area contributed by atoms with Gasteiger partial charge in [0.25, 0.3) is 12.2 Å². The average Bonchev–Trinajstić information content (AvgIpc) is 2.84. The lowest BCUT2D eigenvalue weighted by molar-refractivity contribution is 0.154. The van der Waals surface area contributed by atoms with E-state index in [-0.39, 0.29) is 6.54 Å². The second kappa shape index (κ2) is 5.90. The number of hydrogen-bond donors (Lipinski definition) is 0. The van der Waals surface area contributed by atoms with Crippen molar-refractivity contribution < 1.29 is 8.78 Å². The quantitative estimate of drug-likeness (QED) is 0.806. The van der Waals surface area contributed by atoms with Crippen LogP contribution in [0.5, 0.6) is 0 Å². The van der Waals surface area contributed by atoms with Gasteiger partial charge in [-0.1, -0.05) is 13.8 Å². The fourth-order valence-electron chi connectivity index (χ4n) is 1.99. The SMILES string of the molecule is CCCN(CC(F)F)c1cc(CC)nc2ncnn12. The van der Waals surface area contributed by atoms with Crippen molar-refractivity contribution in [2.75, 3.05) is 18.0 Å². The number of aromatic nitrogens is 4. The molecule has 0 aromatic carbocycles. The first-order valence-corrected chi connectivity index (χ1v) is 6.38. The first-order valence-electron chi connectivity index (χ1n) is 6.38. The van der Waals surface area contributed by atoms with E-state index in [1.54, 1.807) is 11.0 Å². The van der Waals surface area contributed by atoms with Crippen molar-refractivity contribution in [3.8, 4) is 0 Å². The van der Waals surface area contributed by atoms with Crippen molar-refractivity contribution in [2.45, 2.75) is 33.1 Å². The van der Waals surface area contributed by atoms with Crippen LogP contribution in [0, 0.1) is 0 Å². The molecule has 2 heterocycles. The molecule has 0 aliphatic heterocycles. The summed E-state index contributed by atoms with van der Waals surface area (Å²) in [5, 5.41) is 4.06. The molecule has 0 radical (unpaired) electrons. The molecule has 0 atom stereocenters. The fourth-order valence-corrected chi connectivity index (χ4v) is 1.99. The summed E-state index contributed by atoms with van der Waals surface area (Å²) in [5.41, 5.74) is 0.825. The van der Waals surface area contributed by atoms with Crippen LogP contribution in [0.1, 0.15) is 26.0 Å². The van der Waals surface area contributed by atoms with E-state index in [2.05, 4.69) is 15.1 Å². The summed E-state index contributed by atoms with van der Waals surface area (Å²) in [6, 6.07) is 1.81. The molecule has 2 aromatic heterocycles. The van der Waals surface area contributed by atoms with Gasteiger partial charge in [-0.3, -0.25) is 0 Å². The number of anilines is 1. The molecule has 5 nitrogen and oxygen atoms in total. The van der Waals surface area contributed by atoms with Crippen LogP contribution < -0.4 is 4.90 Å². The first kappa shape index (κ1) is 13.6. The number of nitrogens with zero attached hydrogens (tertiary/aromatic N) is 5. The molecular formula is C12H17F2N5. The van der Waals surface area contributed by atoms with Crippen LogP contribution in [0.2, 0.25) is 0 Å². The van der Waals surface area contributed by atoms with Crippen LogP contribution >= 0.6 is 0 Å². The maximum absolute atomic E-state index is 12.7. The van der Waals surface area contributed by atoms with Gasteiger partial charge < -0.3 is 4.90 Å². The maximum atomic E-state index is 12.7.